The molecule has 0 unspecified atom stereocenters. The first-order valence-electron chi connectivity index (χ1n) is 4.84. The first-order chi connectivity index (χ1) is 7.84. The summed E-state index contributed by atoms with van der Waals surface area (Å²) in [6, 6.07) is 4.32. The molecule has 0 aromatic heterocycles. The molecular weight excluding hydrogens is 313 g/mol. The maximum Gasteiger partial charge on any atom is 0.211 e. The lowest BCUT2D eigenvalue weighted by Crippen LogP contribution is -2.32. The van der Waals surface area contributed by atoms with Crippen molar-refractivity contribution in [2.24, 2.45) is 0 Å². The Labute approximate surface area is 108 Å². The average molecular weight is 326 g/mol. The Hall–Kier alpha value is -0.500. The van der Waals surface area contributed by atoms with Crippen LogP contribution in [0.15, 0.2) is 22.7 Å². The topological polar surface area (TPSA) is 57.6 Å². The van der Waals surface area contributed by atoms with E-state index in [0.29, 0.717) is 4.47 Å². The monoisotopic (exact) mass is 325 g/mol. The smallest absolute Gasteiger partial charge is 0.211 e. The van der Waals surface area contributed by atoms with Crippen molar-refractivity contribution in [3.8, 4) is 0 Å². The second-order valence-electron chi connectivity index (χ2n) is 3.56. The molecule has 4 nitrogen and oxygen atoms in total. The summed E-state index contributed by atoms with van der Waals surface area (Å²) in [6.45, 7) is -0.446. The number of benzene rings is 1. The van der Waals surface area contributed by atoms with Crippen molar-refractivity contribution in [3.05, 3.63) is 34.1 Å². The summed E-state index contributed by atoms with van der Waals surface area (Å²) in [7, 11) is -3.46. The number of hydrogen-bond acceptors (Lipinski definition) is 3. The molecule has 1 N–H and O–H groups in total. The zero-order valence-electron chi connectivity index (χ0n) is 9.23. The normalized spacial score (nSPS) is 12.1. The van der Waals surface area contributed by atoms with E-state index in [2.05, 4.69) is 15.9 Å². The zero-order valence-corrected chi connectivity index (χ0v) is 11.6. The lowest BCUT2D eigenvalue weighted by molar-refractivity contribution is 0.250. The molecule has 1 aromatic rings. The molecular formula is C10H13BrFNO3S. The highest BCUT2D eigenvalue weighted by Crippen LogP contribution is 2.18. The van der Waals surface area contributed by atoms with Gasteiger partial charge in [0.05, 0.1) is 12.9 Å². The van der Waals surface area contributed by atoms with Crippen LogP contribution >= 0.6 is 15.9 Å². The Morgan fingerprint density at radius 3 is 2.65 bits per heavy atom. The fraction of sp³-hybridized carbons (Fsp3) is 0.400. The summed E-state index contributed by atoms with van der Waals surface area (Å²) in [5.41, 5.74) is 0.262. The third-order valence-corrected chi connectivity index (χ3v) is 3.92. The molecule has 0 fully saturated rings. The molecule has 0 aliphatic carbocycles. The van der Waals surface area contributed by atoms with Gasteiger partial charge in [-0.05, 0) is 18.2 Å². The van der Waals surface area contributed by atoms with Crippen LogP contribution in [-0.4, -0.2) is 37.2 Å². The number of nitrogens with zero attached hydrogens (tertiary/aromatic N) is 1. The van der Waals surface area contributed by atoms with Gasteiger partial charge in [0.1, 0.15) is 5.82 Å². The summed E-state index contributed by atoms with van der Waals surface area (Å²) in [6.07, 6.45) is 1.03. The van der Waals surface area contributed by atoms with E-state index in [1.807, 2.05) is 0 Å². The van der Waals surface area contributed by atoms with E-state index in [4.69, 9.17) is 5.11 Å². The van der Waals surface area contributed by atoms with E-state index in [1.165, 1.54) is 18.2 Å². The molecule has 1 aromatic carbocycles. The molecule has 0 radical (unpaired) electrons. The minimum atomic E-state index is -3.46. The van der Waals surface area contributed by atoms with Crippen LogP contribution < -0.4 is 0 Å². The molecule has 0 saturated carbocycles. The van der Waals surface area contributed by atoms with Gasteiger partial charge in [-0.2, -0.15) is 4.31 Å². The standard InChI is InChI=1S/C10H13BrFNO3S/c1-17(15,16)13(4-5-14)7-8-6-9(11)2-3-10(8)12/h2-3,6,14H,4-5,7H2,1H3. The van der Waals surface area contributed by atoms with Crippen molar-refractivity contribution in [3.63, 3.8) is 0 Å². The van der Waals surface area contributed by atoms with Gasteiger partial charge in [-0.3, -0.25) is 0 Å². The molecule has 0 aliphatic heterocycles. The van der Waals surface area contributed by atoms with E-state index >= 15 is 0 Å². The average Bonchev–Trinajstić information content (AvgIpc) is 2.21. The highest BCUT2D eigenvalue weighted by molar-refractivity contribution is 9.10. The number of aliphatic hydroxyl groups excluding tert-OH is 1. The quantitative estimate of drug-likeness (QED) is 0.888. The Morgan fingerprint density at radius 2 is 2.12 bits per heavy atom. The lowest BCUT2D eigenvalue weighted by Gasteiger charge is -2.19. The largest absolute Gasteiger partial charge is 0.395 e. The van der Waals surface area contributed by atoms with Crippen molar-refractivity contribution in [1.29, 1.82) is 0 Å². The van der Waals surface area contributed by atoms with Gasteiger partial charge in [-0.1, -0.05) is 15.9 Å². The predicted octanol–water partition coefficient (Wildman–Crippen LogP) is 1.34. The Kier molecular flexibility index (Phi) is 5.05. The van der Waals surface area contributed by atoms with Gasteiger partial charge in [-0.15, -0.1) is 0 Å². The molecule has 0 spiro atoms. The molecule has 0 bridgehead atoms. The molecule has 0 saturated heterocycles. The molecule has 0 heterocycles. The Morgan fingerprint density at radius 1 is 1.47 bits per heavy atom. The van der Waals surface area contributed by atoms with E-state index in [9.17, 15) is 12.8 Å². The Bertz CT molecular complexity index is 492. The van der Waals surface area contributed by atoms with Crippen LogP contribution in [0.5, 0.6) is 0 Å². The van der Waals surface area contributed by atoms with Gasteiger partial charge < -0.3 is 5.11 Å². The molecule has 1 rings (SSSR count). The van der Waals surface area contributed by atoms with Crippen LogP contribution in [0.1, 0.15) is 5.56 Å². The molecule has 0 amide bonds. The van der Waals surface area contributed by atoms with Gasteiger partial charge in [0.15, 0.2) is 0 Å². The third-order valence-electron chi connectivity index (χ3n) is 2.17. The van der Waals surface area contributed by atoms with Gasteiger partial charge in [0.25, 0.3) is 0 Å². The van der Waals surface area contributed by atoms with Gasteiger partial charge in [0.2, 0.25) is 10.0 Å². The molecule has 17 heavy (non-hydrogen) atoms. The van der Waals surface area contributed by atoms with E-state index in [-0.39, 0.29) is 25.3 Å². The number of hydrogen-bond donors (Lipinski definition) is 1. The SMILES string of the molecule is CS(=O)(=O)N(CCO)Cc1cc(Br)ccc1F. The lowest BCUT2D eigenvalue weighted by atomic mass is 10.2. The van der Waals surface area contributed by atoms with Crippen LogP contribution in [0, 0.1) is 5.82 Å². The third kappa shape index (κ3) is 4.34. The number of aliphatic hydroxyl groups is 1. The van der Waals surface area contributed by atoms with Crippen molar-refractivity contribution in [1.82, 2.24) is 4.31 Å². The van der Waals surface area contributed by atoms with E-state index in [0.717, 1.165) is 10.6 Å². The summed E-state index contributed by atoms with van der Waals surface area (Å²) < 4.78 is 38.0. The molecule has 0 aliphatic rings. The maximum atomic E-state index is 13.5. The van der Waals surface area contributed by atoms with Gasteiger partial charge in [-0.25, -0.2) is 12.8 Å². The first-order valence-corrected chi connectivity index (χ1v) is 7.48. The number of rotatable bonds is 5. The maximum absolute atomic E-state index is 13.5. The number of halogens is 2. The Balaban J connectivity index is 2.97. The van der Waals surface area contributed by atoms with E-state index < -0.39 is 15.8 Å². The van der Waals surface area contributed by atoms with Crippen molar-refractivity contribution in [2.75, 3.05) is 19.4 Å². The van der Waals surface area contributed by atoms with Crippen molar-refractivity contribution < 1.29 is 17.9 Å². The second kappa shape index (κ2) is 5.90. The van der Waals surface area contributed by atoms with Crippen LogP contribution in [0.4, 0.5) is 4.39 Å². The summed E-state index contributed by atoms with van der Waals surface area (Å²) in [5, 5.41) is 8.79. The molecule has 96 valence electrons. The zero-order chi connectivity index (χ0) is 13.1. The van der Waals surface area contributed by atoms with Crippen LogP contribution in [0.2, 0.25) is 0 Å². The first kappa shape index (κ1) is 14.6. The van der Waals surface area contributed by atoms with Gasteiger partial charge >= 0.3 is 0 Å². The molecule has 7 heteroatoms. The summed E-state index contributed by atoms with van der Waals surface area (Å²) in [5.74, 6) is -0.472. The van der Waals surface area contributed by atoms with Crippen molar-refractivity contribution in [2.45, 2.75) is 6.54 Å². The van der Waals surface area contributed by atoms with Crippen LogP contribution in [-0.2, 0) is 16.6 Å². The number of sulfonamides is 1. The van der Waals surface area contributed by atoms with Crippen LogP contribution in [0.25, 0.3) is 0 Å². The van der Waals surface area contributed by atoms with Crippen LogP contribution in [0.3, 0.4) is 0 Å². The van der Waals surface area contributed by atoms with E-state index in [1.54, 1.807) is 0 Å². The minimum Gasteiger partial charge on any atom is -0.395 e. The fourth-order valence-electron chi connectivity index (χ4n) is 1.33. The summed E-state index contributed by atoms with van der Waals surface area (Å²) in [4.78, 5) is 0. The summed E-state index contributed by atoms with van der Waals surface area (Å²) >= 11 is 3.19. The highest BCUT2D eigenvalue weighted by Gasteiger charge is 2.18. The molecule has 0 atom stereocenters. The van der Waals surface area contributed by atoms with Crippen molar-refractivity contribution >= 4 is 26.0 Å². The second-order valence-corrected chi connectivity index (χ2v) is 6.45. The van der Waals surface area contributed by atoms with Gasteiger partial charge in [0, 0.05) is 23.1 Å². The fourth-order valence-corrected chi connectivity index (χ4v) is 2.52. The highest BCUT2D eigenvalue weighted by atomic mass is 79.9. The predicted molar refractivity (Wildman–Crippen MR) is 66.4 cm³/mol. The minimum absolute atomic E-state index is 0.0508.